The molecule has 10 heteroatoms. The van der Waals surface area contributed by atoms with Gasteiger partial charge in [0.25, 0.3) is 10.0 Å². The topological polar surface area (TPSA) is 96.6 Å². The molecule has 2 rings (SSSR count). The van der Waals surface area contributed by atoms with Crippen molar-refractivity contribution in [1.29, 1.82) is 0 Å². The summed E-state index contributed by atoms with van der Waals surface area (Å²) in [6.45, 7) is 0. The van der Waals surface area contributed by atoms with E-state index in [1.165, 1.54) is 0 Å². The van der Waals surface area contributed by atoms with Gasteiger partial charge in [-0.05, 0) is 24.3 Å². The van der Waals surface area contributed by atoms with Crippen LogP contribution in [0.2, 0.25) is 0 Å². The van der Waals surface area contributed by atoms with Gasteiger partial charge in [-0.3, -0.25) is 4.72 Å². The van der Waals surface area contributed by atoms with E-state index in [0.29, 0.717) is 12.1 Å². The van der Waals surface area contributed by atoms with Gasteiger partial charge in [0.15, 0.2) is 0 Å². The number of halogens is 3. The van der Waals surface area contributed by atoms with Crippen molar-refractivity contribution in [2.75, 3.05) is 4.72 Å². The Morgan fingerprint density at radius 3 is 2.41 bits per heavy atom. The third-order valence-corrected chi connectivity index (χ3v) is 3.92. The zero-order valence-electron chi connectivity index (χ0n) is 10.6. The summed E-state index contributed by atoms with van der Waals surface area (Å²) in [6.07, 6.45) is -2.86. The number of anilines is 1. The van der Waals surface area contributed by atoms with E-state index in [2.05, 4.69) is 4.42 Å². The minimum atomic E-state index is -4.82. The predicted molar refractivity (Wildman–Crippen MR) is 67.9 cm³/mol. The zero-order chi connectivity index (χ0) is 16.5. The molecule has 2 aromatic rings. The highest BCUT2D eigenvalue weighted by molar-refractivity contribution is 7.92. The van der Waals surface area contributed by atoms with Gasteiger partial charge in [-0.25, -0.2) is 13.2 Å². The molecule has 1 aromatic heterocycles. The van der Waals surface area contributed by atoms with Gasteiger partial charge < -0.3 is 9.52 Å². The molecule has 6 nitrogen and oxygen atoms in total. The van der Waals surface area contributed by atoms with Gasteiger partial charge in [-0.2, -0.15) is 13.2 Å². The maximum absolute atomic E-state index is 12.7. The quantitative estimate of drug-likeness (QED) is 0.895. The Bertz CT molecular complexity index is 797. The summed E-state index contributed by atoms with van der Waals surface area (Å²) in [6, 6.07) is 2.80. The fourth-order valence-electron chi connectivity index (χ4n) is 1.59. The molecule has 0 saturated heterocycles. The lowest BCUT2D eigenvalue weighted by atomic mass is 10.1. The van der Waals surface area contributed by atoms with Gasteiger partial charge in [0.05, 0.1) is 23.1 Å². The molecule has 1 aromatic carbocycles. The number of hydrogen-bond donors (Lipinski definition) is 2. The molecular formula is C12H8F3NO5S. The number of nitrogens with one attached hydrogen (secondary N) is 1. The van der Waals surface area contributed by atoms with E-state index >= 15 is 0 Å². The average molecular weight is 335 g/mol. The van der Waals surface area contributed by atoms with E-state index in [-0.39, 0.29) is 4.90 Å². The molecule has 0 radical (unpaired) electrons. The number of hydrogen-bond acceptors (Lipinski definition) is 4. The summed E-state index contributed by atoms with van der Waals surface area (Å²) in [5.74, 6) is -1.62. The smallest absolute Gasteiger partial charge is 0.416 e. The van der Waals surface area contributed by atoms with Crippen LogP contribution in [0.5, 0.6) is 0 Å². The van der Waals surface area contributed by atoms with Crippen molar-refractivity contribution in [3.05, 3.63) is 47.9 Å². The molecule has 0 spiro atoms. The van der Waals surface area contributed by atoms with Crippen LogP contribution in [-0.2, 0) is 16.2 Å². The first-order valence-corrected chi connectivity index (χ1v) is 7.08. The number of aromatic carboxylic acids is 1. The number of benzene rings is 1. The van der Waals surface area contributed by atoms with Crippen LogP contribution in [0.25, 0.3) is 0 Å². The maximum atomic E-state index is 12.7. The highest BCUT2D eigenvalue weighted by Gasteiger charge is 2.32. The minimum Gasteiger partial charge on any atom is -0.478 e. The van der Waals surface area contributed by atoms with E-state index in [9.17, 15) is 26.4 Å². The van der Waals surface area contributed by atoms with E-state index in [4.69, 9.17) is 5.11 Å². The molecule has 2 N–H and O–H groups in total. The van der Waals surface area contributed by atoms with Crippen molar-refractivity contribution in [3.63, 3.8) is 0 Å². The van der Waals surface area contributed by atoms with Gasteiger partial charge in [0.2, 0.25) is 0 Å². The van der Waals surface area contributed by atoms with Crippen molar-refractivity contribution < 1.29 is 35.9 Å². The molecule has 0 aliphatic carbocycles. The largest absolute Gasteiger partial charge is 0.478 e. The van der Waals surface area contributed by atoms with E-state index in [0.717, 1.165) is 24.7 Å². The predicted octanol–water partition coefficient (Wildman–Crippen LogP) is 2.80. The van der Waals surface area contributed by atoms with Crippen LogP contribution in [0.15, 0.2) is 46.1 Å². The second-order valence-corrected chi connectivity index (χ2v) is 5.85. The first-order chi connectivity index (χ1) is 10.1. The Labute approximate surface area is 122 Å². The van der Waals surface area contributed by atoms with Gasteiger partial charge in [0.1, 0.15) is 11.2 Å². The molecule has 0 saturated carbocycles. The highest BCUT2D eigenvalue weighted by atomic mass is 32.2. The average Bonchev–Trinajstić information content (AvgIpc) is 2.91. The lowest BCUT2D eigenvalue weighted by molar-refractivity contribution is -0.137. The van der Waals surface area contributed by atoms with Crippen molar-refractivity contribution in [1.82, 2.24) is 0 Å². The van der Waals surface area contributed by atoms with Gasteiger partial charge in [-0.1, -0.05) is 0 Å². The highest BCUT2D eigenvalue weighted by Crippen LogP contribution is 2.32. The van der Waals surface area contributed by atoms with Crippen molar-refractivity contribution >= 4 is 21.7 Å². The standard InChI is InChI=1S/C12H8F3NO5S/c13-12(14,15)8-3-7(11(17)18)4-9(5-8)16-22(19,20)10-1-2-21-6-10/h1-6,16H,(H,17,18). The Morgan fingerprint density at radius 1 is 1.23 bits per heavy atom. The Balaban J connectivity index is 2.47. The van der Waals surface area contributed by atoms with Gasteiger partial charge in [0, 0.05) is 0 Å². The lowest BCUT2D eigenvalue weighted by Crippen LogP contribution is -2.14. The number of carbonyl (C=O) groups is 1. The minimum absolute atomic E-state index is 0.304. The van der Waals surface area contributed by atoms with Crippen molar-refractivity contribution in [2.24, 2.45) is 0 Å². The number of sulfonamides is 1. The molecule has 1 heterocycles. The van der Waals surface area contributed by atoms with Crippen LogP contribution < -0.4 is 4.72 Å². The van der Waals surface area contributed by atoms with Crippen molar-refractivity contribution in [3.8, 4) is 0 Å². The summed E-state index contributed by atoms with van der Waals surface area (Å²) in [5.41, 5.74) is -2.49. The van der Waals surface area contributed by atoms with Crippen LogP contribution in [0.3, 0.4) is 0 Å². The monoisotopic (exact) mass is 335 g/mol. The Morgan fingerprint density at radius 2 is 1.91 bits per heavy atom. The molecule has 118 valence electrons. The normalized spacial score (nSPS) is 12.1. The number of carboxylic acids is 1. The van der Waals surface area contributed by atoms with Gasteiger partial charge in [-0.15, -0.1) is 0 Å². The summed E-state index contributed by atoms with van der Waals surface area (Å²) >= 11 is 0. The summed E-state index contributed by atoms with van der Waals surface area (Å²) in [7, 11) is -4.18. The molecule has 0 bridgehead atoms. The third-order valence-electron chi connectivity index (χ3n) is 2.56. The summed E-state index contributed by atoms with van der Waals surface area (Å²) < 4.78 is 68.5. The zero-order valence-corrected chi connectivity index (χ0v) is 11.4. The first kappa shape index (κ1) is 15.9. The van der Waals surface area contributed by atoms with E-state index in [1.807, 2.05) is 4.72 Å². The van der Waals surface area contributed by atoms with E-state index < -0.39 is 39.0 Å². The fraction of sp³-hybridized carbons (Fsp3) is 0.0833. The molecule has 0 fully saturated rings. The molecule has 0 aliphatic heterocycles. The maximum Gasteiger partial charge on any atom is 0.416 e. The van der Waals surface area contributed by atoms with Crippen LogP contribution in [-0.4, -0.2) is 19.5 Å². The Kier molecular flexibility index (Phi) is 3.88. The lowest BCUT2D eigenvalue weighted by Gasteiger charge is -2.12. The first-order valence-electron chi connectivity index (χ1n) is 5.60. The third kappa shape index (κ3) is 3.39. The Hall–Kier alpha value is -2.49. The summed E-state index contributed by atoms with van der Waals surface area (Å²) in [5, 5.41) is 8.82. The molecule has 0 amide bonds. The molecule has 0 aliphatic rings. The molecular weight excluding hydrogens is 327 g/mol. The number of carboxylic acid groups (broad SMARTS) is 1. The summed E-state index contributed by atoms with van der Waals surface area (Å²) in [4.78, 5) is 10.6. The second-order valence-electron chi connectivity index (χ2n) is 4.17. The van der Waals surface area contributed by atoms with Crippen LogP contribution >= 0.6 is 0 Å². The number of alkyl halides is 3. The molecule has 0 atom stereocenters. The van der Waals surface area contributed by atoms with Crippen molar-refractivity contribution in [2.45, 2.75) is 11.1 Å². The molecule has 22 heavy (non-hydrogen) atoms. The van der Waals surface area contributed by atoms with E-state index in [1.54, 1.807) is 0 Å². The SMILES string of the molecule is O=C(O)c1cc(NS(=O)(=O)c2ccoc2)cc(C(F)(F)F)c1. The second kappa shape index (κ2) is 5.37. The fourth-order valence-corrected chi connectivity index (χ4v) is 2.56. The number of rotatable bonds is 4. The molecule has 0 unspecified atom stereocenters. The number of furan rings is 1. The van der Waals surface area contributed by atoms with Crippen LogP contribution in [0.1, 0.15) is 15.9 Å². The van der Waals surface area contributed by atoms with Crippen LogP contribution in [0.4, 0.5) is 18.9 Å². The van der Waals surface area contributed by atoms with Gasteiger partial charge >= 0.3 is 12.1 Å². The van der Waals surface area contributed by atoms with Crippen LogP contribution in [0, 0.1) is 0 Å².